The average Bonchev–Trinajstić information content (AvgIpc) is 2.25. The molecule has 0 aromatic heterocycles. The van der Waals surface area contributed by atoms with Crippen LogP contribution in [-0.4, -0.2) is 23.9 Å². The predicted octanol–water partition coefficient (Wildman–Crippen LogP) is 3.22. The van der Waals surface area contributed by atoms with Gasteiger partial charge in [-0.25, -0.2) is 0 Å². The molecule has 0 aliphatic rings. The van der Waals surface area contributed by atoms with Gasteiger partial charge in [-0.1, -0.05) is 12.2 Å². The van der Waals surface area contributed by atoms with Crippen molar-refractivity contribution in [1.82, 2.24) is 0 Å². The maximum absolute atomic E-state index is 11.3. The summed E-state index contributed by atoms with van der Waals surface area (Å²) in [5.74, 6) is 0. The molecule has 1 rings (SSSR count). The van der Waals surface area contributed by atoms with Crippen molar-refractivity contribution in [3.8, 4) is 0 Å². The van der Waals surface area contributed by atoms with E-state index in [4.69, 9.17) is 0 Å². The molecule has 20 heavy (non-hydrogen) atoms. The SMILES string of the molecule is C=C(C)c1c(C)c([N+](=O)[O-])c(N(C)C)c([N+](=O)[O-])c1C. The summed E-state index contributed by atoms with van der Waals surface area (Å²) in [7, 11) is 3.10. The van der Waals surface area contributed by atoms with Gasteiger partial charge >= 0.3 is 11.4 Å². The van der Waals surface area contributed by atoms with Crippen molar-refractivity contribution < 1.29 is 9.85 Å². The molecule has 0 unspecified atom stereocenters. The second-order valence-corrected chi connectivity index (χ2v) is 4.86. The van der Waals surface area contributed by atoms with E-state index in [1.54, 1.807) is 34.9 Å². The zero-order chi connectivity index (χ0) is 15.8. The van der Waals surface area contributed by atoms with E-state index >= 15 is 0 Å². The van der Waals surface area contributed by atoms with Gasteiger partial charge in [0.2, 0.25) is 0 Å². The number of nitrogens with zero attached hydrogens (tertiary/aromatic N) is 3. The van der Waals surface area contributed by atoms with Crippen molar-refractivity contribution in [2.45, 2.75) is 20.8 Å². The van der Waals surface area contributed by atoms with Crippen LogP contribution in [0.2, 0.25) is 0 Å². The summed E-state index contributed by atoms with van der Waals surface area (Å²) in [6.45, 7) is 8.62. The molecule has 108 valence electrons. The zero-order valence-electron chi connectivity index (χ0n) is 12.2. The van der Waals surface area contributed by atoms with E-state index in [9.17, 15) is 20.2 Å². The van der Waals surface area contributed by atoms with Gasteiger partial charge in [-0.05, 0) is 26.3 Å². The summed E-state index contributed by atoms with van der Waals surface area (Å²) >= 11 is 0. The molecule has 0 saturated heterocycles. The summed E-state index contributed by atoms with van der Waals surface area (Å²) in [4.78, 5) is 22.9. The summed E-state index contributed by atoms with van der Waals surface area (Å²) < 4.78 is 0. The maximum Gasteiger partial charge on any atom is 0.303 e. The standard InChI is InChI=1S/C13H17N3O4/c1-7(2)10-8(3)11(15(17)18)13(14(5)6)12(9(10)4)16(19)20/h1H2,2-6H3. The van der Waals surface area contributed by atoms with E-state index in [0.29, 0.717) is 22.3 Å². The molecule has 0 heterocycles. The lowest BCUT2D eigenvalue weighted by Gasteiger charge is -2.19. The minimum absolute atomic E-state index is 0.0139. The number of benzene rings is 1. The third-order valence-electron chi connectivity index (χ3n) is 3.15. The molecule has 0 fully saturated rings. The van der Waals surface area contributed by atoms with Gasteiger partial charge in [-0.2, -0.15) is 0 Å². The van der Waals surface area contributed by atoms with Crippen molar-refractivity contribution in [1.29, 1.82) is 0 Å². The highest BCUT2D eigenvalue weighted by atomic mass is 16.6. The molecule has 7 nitrogen and oxygen atoms in total. The van der Waals surface area contributed by atoms with Gasteiger partial charge in [0.1, 0.15) is 0 Å². The first-order chi connectivity index (χ1) is 9.11. The minimum atomic E-state index is -0.580. The lowest BCUT2D eigenvalue weighted by atomic mass is 9.93. The van der Waals surface area contributed by atoms with E-state index in [1.165, 1.54) is 4.90 Å². The fourth-order valence-corrected chi connectivity index (χ4v) is 2.50. The van der Waals surface area contributed by atoms with Crippen LogP contribution in [0.1, 0.15) is 23.6 Å². The smallest absolute Gasteiger partial charge is 0.303 e. The number of hydrogen-bond acceptors (Lipinski definition) is 5. The topological polar surface area (TPSA) is 89.5 Å². The van der Waals surface area contributed by atoms with Gasteiger partial charge in [0.15, 0.2) is 5.69 Å². The lowest BCUT2D eigenvalue weighted by Crippen LogP contribution is -2.16. The molecule has 0 amide bonds. The number of nitro groups is 2. The molecule has 0 saturated carbocycles. The Labute approximate surface area is 116 Å². The summed E-state index contributed by atoms with van der Waals surface area (Å²) in [5.41, 5.74) is 1.37. The van der Waals surface area contributed by atoms with Crippen LogP contribution >= 0.6 is 0 Å². The Bertz CT molecular complexity index is 580. The molecule has 0 aliphatic carbocycles. The van der Waals surface area contributed by atoms with E-state index < -0.39 is 9.85 Å². The molecule has 1 aromatic rings. The van der Waals surface area contributed by atoms with Crippen molar-refractivity contribution in [3.63, 3.8) is 0 Å². The monoisotopic (exact) mass is 279 g/mol. The highest BCUT2D eigenvalue weighted by Gasteiger charge is 2.34. The molecular formula is C13H17N3O4. The molecule has 0 atom stereocenters. The molecule has 0 radical (unpaired) electrons. The van der Waals surface area contributed by atoms with Crippen LogP contribution < -0.4 is 4.90 Å². The van der Waals surface area contributed by atoms with Crippen molar-refractivity contribution in [2.75, 3.05) is 19.0 Å². The van der Waals surface area contributed by atoms with Crippen molar-refractivity contribution in [3.05, 3.63) is 43.5 Å². The van der Waals surface area contributed by atoms with Crippen LogP contribution in [0, 0.1) is 34.1 Å². The number of anilines is 1. The third kappa shape index (κ3) is 2.34. The Morgan fingerprint density at radius 3 is 1.60 bits per heavy atom. The number of allylic oxidation sites excluding steroid dienone is 1. The van der Waals surface area contributed by atoms with Crippen LogP contribution in [-0.2, 0) is 0 Å². The Morgan fingerprint density at radius 1 is 1.05 bits per heavy atom. The minimum Gasteiger partial charge on any atom is -0.366 e. The summed E-state index contributed by atoms with van der Waals surface area (Å²) in [6.07, 6.45) is 0. The summed E-state index contributed by atoms with van der Waals surface area (Å²) in [5, 5.41) is 22.7. The Hall–Kier alpha value is -2.44. The van der Waals surface area contributed by atoms with E-state index in [1.807, 2.05) is 0 Å². The first-order valence-electron chi connectivity index (χ1n) is 5.90. The first-order valence-corrected chi connectivity index (χ1v) is 5.90. The average molecular weight is 279 g/mol. The van der Waals surface area contributed by atoms with E-state index in [-0.39, 0.29) is 17.1 Å². The van der Waals surface area contributed by atoms with E-state index in [0.717, 1.165) is 0 Å². The predicted molar refractivity (Wildman–Crippen MR) is 78.3 cm³/mol. The van der Waals surface area contributed by atoms with Gasteiger partial charge in [0.05, 0.1) is 9.85 Å². The van der Waals surface area contributed by atoms with Crippen LogP contribution in [0.25, 0.3) is 5.57 Å². The van der Waals surface area contributed by atoms with Crippen LogP contribution in [0.15, 0.2) is 6.58 Å². The van der Waals surface area contributed by atoms with Crippen molar-refractivity contribution >= 4 is 22.6 Å². The van der Waals surface area contributed by atoms with Gasteiger partial charge in [0, 0.05) is 25.2 Å². The largest absolute Gasteiger partial charge is 0.366 e. The van der Waals surface area contributed by atoms with E-state index in [2.05, 4.69) is 6.58 Å². The van der Waals surface area contributed by atoms with Gasteiger partial charge in [0.25, 0.3) is 0 Å². The number of hydrogen-bond donors (Lipinski definition) is 0. The highest BCUT2D eigenvalue weighted by Crippen LogP contribution is 2.45. The van der Waals surface area contributed by atoms with Gasteiger partial charge < -0.3 is 4.90 Å². The second kappa shape index (κ2) is 5.28. The molecule has 0 aliphatic heterocycles. The normalized spacial score (nSPS) is 10.2. The lowest BCUT2D eigenvalue weighted by molar-refractivity contribution is -0.393. The molecule has 1 aromatic carbocycles. The maximum atomic E-state index is 11.3. The van der Waals surface area contributed by atoms with Crippen molar-refractivity contribution in [2.24, 2.45) is 0 Å². The fourth-order valence-electron chi connectivity index (χ4n) is 2.50. The van der Waals surface area contributed by atoms with Crippen LogP contribution in [0.4, 0.5) is 17.1 Å². The Balaban J connectivity index is 4.07. The molecule has 0 spiro atoms. The van der Waals surface area contributed by atoms with Gasteiger partial charge in [-0.15, -0.1) is 0 Å². The van der Waals surface area contributed by atoms with Gasteiger partial charge in [-0.3, -0.25) is 20.2 Å². The fraction of sp³-hybridized carbons (Fsp3) is 0.385. The molecule has 0 bridgehead atoms. The molecular weight excluding hydrogens is 262 g/mol. The Kier molecular flexibility index (Phi) is 4.12. The quantitative estimate of drug-likeness (QED) is 0.623. The number of rotatable bonds is 4. The van der Waals surface area contributed by atoms with Crippen LogP contribution in [0.5, 0.6) is 0 Å². The third-order valence-corrected chi connectivity index (χ3v) is 3.15. The zero-order valence-corrected chi connectivity index (χ0v) is 12.2. The second-order valence-electron chi connectivity index (χ2n) is 4.86. The molecule has 7 heteroatoms. The number of nitro benzene ring substituents is 2. The van der Waals surface area contributed by atoms with Crippen LogP contribution in [0.3, 0.4) is 0 Å². The Morgan fingerprint density at radius 2 is 1.40 bits per heavy atom. The first kappa shape index (κ1) is 15.6. The molecule has 0 N–H and O–H groups in total. The highest BCUT2D eigenvalue weighted by molar-refractivity contribution is 5.86. The summed E-state index contributed by atoms with van der Waals surface area (Å²) in [6, 6.07) is 0.